The number of carbonyl (C=O) groups excluding carboxylic acids is 1. The van der Waals surface area contributed by atoms with Crippen molar-refractivity contribution in [2.75, 3.05) is 13.2 Å². The summed E-state index contributed by atoms with van der Waals surface area (Å²) in [6.45, 7) is 3.63. The van der Waals surface area contributed by atoms with Gasteiger partial charge in [0.05, 0.1) is 25.4 Å². The highest BCUT2D eigenvalue weighted by molar-refractivity contribution is 5.76. The molecule has 0 bridgehead atoms. The molecule has 7 unspecified atom stereocenters. The molecule has 0 radical (unpaired) electrons. The Bertz CT molecular complexity index is 1180. The molecule has 1 fully saturated rings. The van der Waals surface area contributed by atoms with Gasteiger partial charge in [0.1, 0.15) is 24.4 Å². The smallest absolute Gasteiger partial charge is 0.220 e. The molecule has 0 saturated carbocycles. The number of hydrogen-bond acceptors (Lipinski definition) is 8. The van der Waals surface area contributed by atoms with E-state index in [1.54, 1.807) is 6.08 Å². The fraction of sp³-hybridized carbons (Fsp3) is 0.750. The van der Waals surface area contributed by atoms with Crippen molar-refractivity contribution in [1.82, 2.24) is 5.32 Å². The van der Waals surface area contributed by atoms with Crippen LogP contribution in [0.2, 0.25) is 0 Å². The number of hydrogen-bond donors (Lipinski definition) is 6. The molecule has 1 aliphatic heterocycles. The van der Waals surface area contributed by atoms with Crippen molar-refractivity contribution < 1.29 is 39.8 Å². The molecule has 6 N–H and O–H groups in total. The first-order valence-electron chi connectivity index (χ1n) is 24.7. The van der Waals surface area contributed by atoms with Gasteiger partial charge in [0.15, 0.2) is 6.29 Å². The van der Waals surface area contributed by atoms with Crippen LogP contribution in [0.15, 0.2) is 72.9 Å². The van der Waals surface area contributed by atoms with Crippen LogP contribution in [0.25, 0.3) is 0 Å². The number of carbonyl (C=O) groups is 1. The third-order valence-electron chi connectivity index (χ3n) is 11.3. The monoisotopic (exact) mass is 858 g/mol. The summed E-state index contributed by atoms with van der Waals surface area (Å²) in [6, 6.07) is -0.829. The van der Waals surface area contributed by atoms with E-state index in [-0.39, 0.29) is 12.5 Å². The maximum absolute atomic E-state index is 13.0. The quantitative estimate of drug-likeness (QED) is 0.0264. The topological polar surface area (TPSA) is 149 Å². The van der Waals surface area contributed by atoms with E-state index >= 15 is 0 Å². The van der Waals surface area contributed by atoms with Crippen molar-refractivity contribution in [3.05, 3.63) is 72.9 Å². The number of aliphatic hydroxyl groups excluding tert-OH is 5. The molecule has 0 aromatic rings. The SMILES string of the molecule is CC/C=C\C/C=C\C/C=C\C/C=C\CCCCCCCCCCC(=O)NC(COC1OC(CO)C(O)C(O)C1O)C(O)/C=C/CC/C=C/CCCCCCCCCCCCC. The Labute approximate surface area is 372 Å². The lowest BCUT2D eigenvalue weighted by molar-refractivity contribution is -0.302. The van der Waals surface area contributed by atoms with E-state index in [2.05, 4.69) is 79.9 Å². The lowest BCUT2D eigenvalue weighted by atomic mass is 9.99. The van der Waals surface area contributed by atoms with Gasteiger partial charge in [0, 0.05) is 6.42 Å². The normalized spacial score (nSPS) is 21.1. The van der Waals surface area contributed by atoms with Gasteiger partial charge in [-0.15, -0.1) is 0 Å². The standard InChI is InChI=1S/C52H91NO8/c1-3-5-7-9-11-13-15-17-19-21-22-23-24-26-28-30-32-34-36-38-40-42-48(56)53-45(44-60-52-51(59)50(58)49(57)47(43-54)61-52)46(55)41-39-37-35-33-31-29-27-25-20-18-16-14-12-10-8-6-4-2/h5,7,11,13,17,19,22-23,31,33,39,41,45-47,49-52,54-55,57-59H,3-4,6,8-10,12,14-16,18,20-21,24-30,32,34-38,40,42-44H2,1-2H3,(H,53,56)/b7-5-,13-11-,19-17-,23-22-,33-31+,41-39+. The zero-order valence-corrected chi connectivity index (χ0v) is 38.6. The summed E-state index contributed by atoms with van der Waals surface area (Å²) in [5.74, 6) is -0.198. The molecule has 0 spiro atoms. The summed E-state index contributed by atoms with van der Waals surface area (Å²) >= 11 is 0. The minimum absolute atomic E-state index is 0.198. The Morgan fingerprint density at radius 1 is 0.574 bits per heavy atom. The average Bonchev–Trinajstić information content (AvgIpc) is 3.26. The van der Waals surface area contributed by atoms with Crippen molar-refractivity contribution in [2.24, 2.45) is 0 Å². The Morgan fingerprint density at radius 2 is 1.03 bits per heavy atom. The largest absolute Gasteiger partial charge is 0.394 e. The number of nitrogens with one attached hydrogen (secondary N) is 1. The Kier molecular flexibility index (Phi) is 38.7. The van der Waals surface area contributed by atoms with Gasteiger partial charge in [0.25, 0.3) is 0 Å². The molecular formula is C52H91NO8. The van der Waals surface area contributed by atoms with Crippen LogP contribution in [0, 0.1) is 0 Å². The Balaban J connectivity index is 2.35. The minimum Gasteiger partial charge on any atom is -0.394 e. The third kappa shape index (κ3) is 32.0. The van der Waals surface area contributed by atoms with Crippen LogP contribution in [0.1, 0.15) is 194 Å². The maximum atomic E-state index is 13.0. The van der Waals surface area contributed by atoms with Gasteiger partial charge in [-0.2, -0.15) is 0 Å². The second-order valence-electron chi connectivity index (χ2n) is 16.9. The molecule has 1 saturated heterocycles. The molecule has 9 nitrogen and oxygen atoms in total. The predicted octanol–water partition coefficient (Wildman–Crippen LogP) is 10.9. The molecule has 352 valence electrons. The fourth-order valence-corrected chi connectivity index (χ4v) is 7.34. The van der Waals surface area contributed by atoms with E-state index in [1.807, 2.05) is 6.08 Å². The maximum Gasteiger partial charge on any atom is 0.220 e. The lowest BCUT2D eigenvalue weighted by Gasteiger charge is -2.40. The van der Waals surface area contributed by atoms with E-state index in [9.17, 15) is 30.3 Å². The molecule has 1 amide bonds. The zero-order valence-electron chi connectivity index (χ0n) is 38.6. The fourth-order valence-electron chi connectivity index (χ4n) is 7.34. The number of ether oxygens (including phenoxy) is 2. The second-order valence-corrected chi connectivity index (χ2v) is 16.9. The van der Waals surface area contributed by atoms with Crippen LogP contribution in [0.3, 0.4) is 0 Å². The lowest BCUT2D eigenvalue weighted by Crippen LogP contribution is -2.60. The molecule has 61 heavy (non-hydrogen) atoms. The van der Waals surface area contributed by atoms with Crippen LogP contribution in [0.4, 0.5) is 0 Å². The van der Waals surface area contributed by atoms with Crippen LogP contribution in [-0.2, 0) is 14.3 Å². The van der Waals surface area contributed by atoms with E-state index in [0.717, 1.165) is 77.0 Å². The van der Waals surface area contributed by atoms with Gasteiger partial charge in [-0.25, -0.2) is 0 Å². The molecule has 1 heterocycles. The van der Waals surface area contributed by atoms with Gasteiger partial charge in [-0.3, -0.25) is 4.79 Å². The third-order valence-corrected chi connectivity index (χ3v) is 11.3. The highest BCUT2D eigenvalue weighted by atomic mass is 16.7. The molecule has 1 rings (SSSR count). The van der Waals surface area contributed by atoms with Crippen LogP contribution in [-0.4, -0.2) is 87.5 Å². The highest BCUT2D eigenvalue weighted by Gasteiger charge is 2.44. The molecule has 0 aromatic heterocycles. The molecule has 1 aliphatic rings. The Morgan fingerprint density at radius 3 is 1.57 bits per heavy atom. The van der Waals surface area contributed by atoms with Gasteiger partial charge in [0.2, 0.25) is 5.91 Å². The number of allylic oxidation sites excluding steroid dienone is 11. The van der Waals surface area contributed by atoms with Crippen molar-refractivity contribution >= 4 is 5.91 Å². The van der Waals surface area contributed by atoms with Gasteiger partial charge >= 0.3 is 0 Å². The number of aliphatic hydroxyl groups is 5. The first-order chi connectivity index (χ1) is 29.8. The average molecular weight is 858 g/mol. The number of rotatable bonds is 40. The molecule has 9 heteroatoms. The predicted molar refractivity (Wildman–Crippen MR) is 253 cm³/mol. The van der Waals surface area contributed by atoms with E-state index < -0.39 is 49.5 Å². The number of unbranched alkanes of at least 4 members (excludes halogenated alkanes) is 20. The Hall–Kier alpha value is -2.37. The molecule has 0 aromatic carbocycles. The highest BCUT2D eigenvalue weighted by Crippen LogP contribution is 2.22. The van der Waals surface area contributed by atoms with Crippen molar-refractivity contribution in [2.45, 2.75) is 236 Å². The van der Waals surface area contributed by atoms with Crippen LogP contribution in [0.5, 0.6) is 0 Å². The van der Waals surface area contributed by atoms with E-state index in [0.29, 0.717) is 6.42 Å². The summed E-state index contributed by atoms with van der Waals surface area (Å²) in [7, 11) is 0. The van der Waals surface area contributed by atoms with Crippen molar-refractivity contribution in [3.8, 4) is 0 Å². The van der Waals surface area contributed by atoms with Gasteiger partial charge in [-0.05, 0) is 70.6 Å². The van der Waals surface area contributed by atoms with Crippen LogP contribution < -0.4 is 5.32 Å². The van der Waals surface area contributed by atoms with Crippen molar-refractivity contribution in [3.63, 3.8) is 0 Å². The first kappa shape index (κ1) is 56.6. The molecule has 0 aliphatic carbocycles. The van der Waals surface area contributed by atoms with Gasteiger partial charge in [-0.1, -0.05) is 189 Å². The molecule has 7 atom stereocenters. The summed E-state index contributed by atoms with van der Waals surface area (Å²) in [5.41, 5.74) is 0. The second kappa shape index (κ2) is 41.6. The van der Waals surface area contributed by atoms with E-state index in [1.165, 1.54) is 96.3 Å². The summed E-state index contributed by atoms with van der Waals surface area (Å²) in [4.78, 5) is 13.0. The van der Waals surface area contributed by atoms with Crippen LogP contribution >= 0.6 is 0 Å². The van der Waals surface area contributed by atoms with E-state index in [4.69, 9.17) is 9.47 Å². The molecular weight excluding hydrogens is 767 g/mol. The van der Waals surface area contributed by atoms with Crippen molar-refractivity contribution in [1.29, 1.82) is 0 Å². The first-order valence-corrected chi connectivity index (χ1v) is 24.7. The van der Waals surface area contributed by atoms with Gasteiger partial charge < -0.3 is 40.3 Å². The summed E-state index contributed by atoms with van der Waals surface area (Å²) in [5, 5.41) is 54.3. The minimum atomic E-state index is -1.58. The number of amides is 1. The summed E-state index contributed by atoms with van der Waals surface area (Å²) in [6.07, 6.45) is 49.4. The zero-order chi connectivity index (χ0) is 44.4. The summed E-state index contributed by atoms with van der Waals surface area (Å²) < 4.78 is 11.2.